The van der Waals surface area contributed by atoms with Gasteiger partial charge in [0.25, 0.3) is 0 Å². The van der Waals surface area contributed by atoms with Gasteiger partial charge in [-0.3, -0.25) is 0 Å². The van der Waals surface area contributed by atoms with Gasteiger partial charge in [0.1, 0.15) is 5.75 Å². The van der Waals surface area contributed by atoms with Crippen LogP contribution in [0, 0.1) is 5.92 Å². The Morgan fingerprint density at radius 1 is 1.10 bits per heavy atom. The first-order chi connectivity index (χ1) is 14.0. The molecule has 1 rings (SSSR count). The molecule has 0 saturated carbocycles. The van der Waals surface area contributed by atoms with Crippen molar-refractivity contribution in [1.29, 1.82) is 0 Å². The smallest absolute Gasteiger partial charge is 0.333 e. The Bertz CT molecular complexity index is 660. The van der Waals surface area contributed by atoms with Gasteiger partial charge >= 0.3 is 11.9 Å². The minimum Gasteiger partial charge on any atom is -0.494 e. The van der Waals surface area contributed by atoms with Crippen molar-refractivity contribution in [2.24, 2.45) is 5.92 Å². The van der Waals surface area contributed by atoms with Crippen LogP contribution in [0.1, 0.15) is 57.9 Å². The van der Waals surface area contributed by atoms with E-state index in [4.69, 9.17) is 9.47 Å². The Kier molecular flexibility index (Phi) is 12.2. The third-order valence-corrected chi connectivity index (χ3v) is 4.64. The summed E-state index contributed by atoms with van der Waals surface area (Å²) in [6, 6.07) is 7.60. The highest BCUT2D eigenvalue weighted by molar-refractivity contribution is 5.87. The molecule has 29 heavy (non-hydrogen) atoms. The van der Waals surface area contributed by atoms with Crippen molar-refractivity contribution in [2.75, 3.05) is 20.3 Å². The van der Waals surface area contributed by atoms with Crippen LogP contribution in [0.2, 0.25) is 0 Å². The maximum atomic E-state index is 11.5. The van der Waals surface area contributed by atoms with Gasteiger partial charge in [-0.2, -0.15) is 0 Å². The minimum atomic E-state index is -0.372. The average molecular weight is 403 g/mol. The molecule has 5 heteroatoms. The van der Waals surface area contributed by atoms with Crippen molar-refractivity contribution >= 4 is 18.0 Å². The number of esters is 2. The molecule has 1 aromatic rings. The predicted octanol–water partition coefficient (Wildman–Crippen LogP) is 5.35. The van der Waals surface area contributed by atoms with Crippen molar-refractivity contribution in [3.05, 3.63) is 48.1 Å². The molecule has 0 aromatic heterocycles. The van der Waals surface area contributed by atoms with Gasteiger partial charge in [-0.1, -0.05) is 51.3 Å². The number of ether oxygens (including phenoxy) is 3. The number of rotatable bonds is 14. The van der Waals surface area contributed by atoms with E-state index >= 15 is 0 Å². The molecule has 0 fully saturated rings. The largest absolute Gasteiger partial charge is 0.494 e. The monoisotopic (exact) mass is 402 g/mol. The SMILES string of the molecule is C=C(C)C(=O)OCC(CC)CCCCCCOc1ccc(C=CC(=O)OC)cc1. The quantitative estimate of drug-likeness (QED) is 0.238. The predicted molar refractivity (Wildman–Crippen MR) is 116 cm³/mol. The van der Waals surface area contributed by atoms with Gasteiger partial charge in [-0.05, 0) is 49.5 Å². The van der Waals surface area contributed by atoms with Crippen LogP contribution in [0.3, 0.4) is 0 Å². The van der Waals surface area contributed by atoms with Crippen LogP contribution in [-0.4, -0.2) is 32.3 Å². The Labute approximate surface area is 174 Å². The van der Waals surface area contributed by atoms with Crippen LogP contribution < -0.4 is 4.74 Å². The molecule has 0 radical (unpaired) electrons. The highest BCUT2D eigenvalue weighted by Crippen LogP contribution is 2.17. The number of unbranched alkanes of at least 4 members (excludes halogenated alkanes) is 3. The lowest BCUT2D eigenvalue weighted by Crippen LogP contribution is -2.14. The Morgan fingerprint density at radius 2 is 1.79 bits per heavy atom. The number of carbonyl (C=O) groups excluding carboxylic acids is 2. The second-order valence-electron chi connectivity index (χ2n) is 7.13. The maximum Gasteiger partial charge on any atom is 0.333 e. The molecule has 160 valence electrons. The molecule has 0 N–H and O–H groups in total. The van der Waals surface area contributed by atoms with Gasteiger partial charge in [0.05, 0.1) is 20.3 Å². The van der Waals surface area contributed by atoms with Gasteiger partial charge in [-0.25, -0.2) is 9.59 Å². The van der Waals surface area contributed by atoms with Crippen molar-refractivity contribution < 1.29 is 23.8 Å². The molecule has 1 unspecified atom stereocenters. The van der Waals surface area contributed by atoms with Gasteiger partial charge in [0, 0.05) is 11.6 Å². The van der Waals surface area contributed by atoms with Crippen molar-refractivity contribution in [3.63, 3.8) is 0 Å². The van der Waals surface area contributed by atoms with E-state index in [1.165, 1.54) is 13.2 Å². The van der Waals surface area contributed by atoms with Crippen LogP contribution in [0.25, 0.3) is 6.08 Å². The van der Waals surface area contributed by atoms with Gasteiger partial charge in [0.15, 0.2) is 0 Å². The summed E-state index contributed by atoms with van der Waals surface area (Å²) < 4.78 is 15.6. The number of hydrogen-bond acceptors (Lipinski definition) is 5. The Hall–Kier alpha value is -2.56. The van der Waals surface area contributed by atoms with Crippen LogP contribution >= 0.6 is 0 Å². The third-order valence-electron chi connectivity index (χ3n) is 4.64. The second-order valence-corrected chi connectivity index (χ2v) is 7.13. The molecular formula is C24H34O5. The average Bonchev–Trinajstić information content (AvgIpc) is 2.73. The van der Waals surface area contributed by atoms with Crippen molar-refractivity contribution in [3.8, 4) is 5.75 Å². The Morgan fingerprint density at radius 3 is 2.41 bits per heavy atom. The fraction of sp³-hybridized carbons (Fsp3) is 0.500. The first kappa shape index (κ1) is 24.5. The first-order valence-corrected chi connectivity index (χ1v) is 10.3. The number of benzene rings is 1. The summed E-state index contributed by atoms with van der Waals surface area (Å²) in [6.07, 6.45) is 9.57. The fourth-order valence-corrected chi connectivity index (χ4v) is 2.71. The summed E-state index contributed by atoms with van der Waals surface area (Å²) in [4.78, 5) is 22.5. The van der Waals surface area contributed by atoms with Gasteiger partial charge in [-0.15, -0.1) is 0 Å². The summed E-state index contributed by atoms with van der Waals surface area (Å²) in [7, 11) is 1.35. The maximum absolute atomic E-state index is 11.5. The van der Waals surface area contributed by atoms with E-state index in [9.17, 15) is 9.59 Å². The third kappa shape index (κ3) is 11.1. The topological polar surface area (TPSA) is 61.8 Å². The molecule has 5 nitrogen and oxygen atoms in total. The van der Waals surface area contributed by atoms with E-state index in [0.717, 1.165) is 49.8 Å². The van der Waals surface area contributed by atoms with E-state index in [-0.39, 0.29) is 11.9 Å². The van der Waals surface area contributed by atoms with Crippen LogP contribution in [0.5, 0.6) is 5.75 Å². The summed E-state index contributed by atoms with van der Waals surface area (Å²) in [6.45, 7) is 8.57. The van der Waals surface area contributed by atoms with E-state index in [1.54, 1.807) is 13.0 Å². The summed E-state index contributed by atoms with van der Waals surface area (Å²) in [5, 5.41) is 0. The Balaban J connectivity index is 2.14. The van der Waals surface area contributed by atoms with Gasteiger partial charge < -0.3 is 14.2 Å². The van der Waals surface area contributed by atoms with Crippen LogP contribution in [0.15, 0.2) is 42.5 Å². The number of methoxy groups -OCH3 is 1. The lowest BCUT2D eigenvalue weighted by Gasteiger charge is -2.15. The molecule has 0 spiro atoms. The summed E-state index contributed by atoms with van der Waals surface area (Å²) in [5.41, 5.74) is 1.37. The van der Waals surface area contributed by atoms with E-state index in [0.29, 0.717) is 24.7 Å². The first-order valence-electron chi connectivity index (χ1n) is 10.3. The number of hydrogen-bond donors (Lipinski definition) is 0. The molecule has 1 aromatic carbocycles. The molecule has 0 aliphatic rings. The minimum absolute atomic E-state index is 0.298. The van der Waals surface area contributed by atoms with E-state index < -0.39 is 0 Å². The van der Waals surface area contributed by atoms with Crippen molar-refractivity contribution in [2.45, 2.75) is 52.4 Å². The fourth-order valence-electron chi connectivity index (χ4n) is 2.71. The lowest BCUT2D eigenvalue weighted by atomic mass is 9.99. The second kappa shape index (κ2) is 14.4. The number of carbonyl (C=O) groups is 2. The highest BCUT2D eigenvalue weighted by Gasteiger charge is 2.10. The molecule has 0 amide bonds. The summed E-state index contributed by atoms with van der Waals surface area (Å²) in [5.74, 6) is 0.573. The lowest BCUT2D eigenvalue weighted by molar-refractivity contribution is -0.140. The zero-order valence-electron chi connectivity index (χ0n) is 17.9. The summed E-state index contributed by atoms with van der Waals surface area (Å²) >= 11 is 0. The molecule has 0 aliphatic heterocycles. The standard InChI is InChI=1S/C24H34O5/c1-5-20(18-29-24(26)19(2)3)10-8-6-7-9-17-28-22-14-11-21(12-15-22)13-16-23(25)27-4/h11-16,20H,2,5-10,17-18H2,1,3-4H3. The zero-order chi connectivity index (χ0) is 21.5. The van der Waals surface area contributed by atoms with E-state index in [2.05, 4.69) is 18.2 Å². The molecule has 0 saturated heterocycles. The molecule has 0 aliphatic carbocycles. The zero-order valence-corrected chi connectivity index (χ0v) is 17.9. The molecular weight excluding hydrogens is 368 g/mol. The molecule has 0 bridgehead atoms. The highest BCUT2D eigenvalue weighted by atomic mass is 16.5. The van der Waals surface area contributed by atoms with Gasteiger partial charge in [0.2, 0.25) is 0 Å². The molecule has 1 atom stereocenters. The van der Waals surface area contributed by atoms with Crippen LogP contribution in [-0.2, 0) is 19.1 Å². The normalized spacial score (nSPS) is 11.8. The van der Waals surface area contributed by atoms with E-state index in [1.807, 2.05) is 24.3 Å². The van der Waals surface area contributed by atoms with Crippen LogP contribution in [0.4, 0.5) is 0 Å². The molecule has 0 heterocycles. The van der Waals surface area contributed by atoms with Crippen molar-refractivity contribution in [1.82, 2.24) is 0 Å².